The van der Waals surface area contributed by atoms with Crippen LogP contribution in [0.4, 0.5) is 5.69 Å². The SMILES string of the molecule is O=S1(=O)N[C@H](c2ccccc2)Nc2ccc(Cl)cc21. The van der Waals surface area contributed by atoms with Crippen molar-refractivity contribution in [3.05, 3.63) is 59.1 Å². The number of hydrogen-bond acceptors (Lipinski definition) is 3. The van der Waals surface area contributed by atoms with Crippen LogP contribution in [-0.4, -0.2) is 8.42 Å². The molecule has 1 aliphatic rings. The molecular formula is C13H11ClN2O2S. The fourth-order valence-electron chi connectivity index (χ4n) is 2.04. The lowest BCUT2D eigenvalue weighted by Gasteiger charge is -2.28. The van der Waals surface area contributed by atoms with Gasteiger partial charge in [-0.15, -0.1) is 0 Å². The molecule has 2 aromatic carbocycles. The van der Waals surface area contributed by atoms with Crippen LogP contribution in [0.2, 0.25) is 5.02 Å². The molecule has 6 heteroatoms. The van der Waals surface area contributed by atoms with Gasteiger partial charge in [-0.25, -0.2) is 8.42 Å². The zero-order valence-electron chi connectivity index (χ0n) is 9.80. The monoisotopic (exact) mass is 294 g/mol. The molecule has 98 valence electrons. The van der Waals surface area contributed by atoms with Gasteiger partial charge in [0.05, 0.1) is 5.69 Å². The third kappa shape index (κ3) is 2.32. The molecule has 0 unspecified atom stereocenters. The van der Waals surface area contributed by atoms with Crippen molar-refractivity contribution in [3.8, 4) is 0 Å². The normalized spacial score (nSPS) is 20.4. The predicted octanol–water partition coefficient (Wildman–Crippen LogP) is 2.74. The first-order valence-corrected chi connectivity index (χ1v) is 7.56. The zero-order chi connectivity index (χ0) is 13.5. The molecule has 0 fully saturated rings. The molecule has 0 amide bonds. The lowest BCUT2D eigenvalue weighted by molar-refractivity contribution is 0.562. The summed E-state index contributed by atoms with van der Waals surface area (Å²) in [6.45, 7) is 0. The Bertz CT molecular complexity index is 717. The first-order chi connectivity index (χ1) is 9.06. The highest BCUT2D eigenvalue weighted by atomic mass is 35.5. The summed E-state index contributed by atoms with van der Waals surface area (Å²) in [5.74, 6) is 0. The van der Waals surface area contributed by atoms with E-state index in [0.717, 1.165) is 5.56 Å². The lowest BCUT2D eigenvalue weighted by atomic mass is 10.1. The van der Waals surface area contributed by atoms with E-state index >= 15 is 0 Å². The number of nitrogens with one attached hydrogen (secondary N) is 2. The van der Waals surface area contributed by atoms with Gasteiger partial charge in [0.2, 0.25) is 10.0 Å². The van der Waals surface area contributed by atoms with E-state index < -0.39 is 16.2 Å². The lowest BCUT2D eigenvalue weighted by Crippen LogP contribution is -2.38. The number of fused-ring (bicyclic) bond motifs is 1. The van der Waals surface area contributed by atoms with Gasteiger partial charge in [0.15, 0.2) is 0 Å². The summed E-state index contributed by atoms with van der Waals surface area (Å²) in [6.07, 6.45) is -0.472. The third-order valence-electron chi connectivity index (χ3n) is 2.94. The minimum absolute atomic E-state index is 0.173. The minimum atomic E-state index is -3.56. The number of rotatable bonds is 1. The molecule has 0 aromatic heterocycles. The van der Waals surface area contributed by atoms with Gasteiger partial charge in [0.1, 0.15) is 11.1 Å². The van der Waals surface area contributed by atoms with E-state index in [-0.39, 0.29) is 4.90 Å². The second-order valence-corrected chi connectivity index (χ2v) is 6.37. The van der Waals surface area contributed by atoms with E-state index in [9.17, 15) is 8.42 Å². The molecule has 0 spiro atoms. The van der Waals surface area contributed by atoms with Gasteiger partial charge in [-0.05, 0) is 23.8 Å². The summed E-state index contributed by atoms with van der Waals surface area (Å²) in [5.41, 5.74) is 1.41. The van der Waals surface area contributed by atoms with E-state index in [1.807, 2.05) is 30.3 Å². The maximum absolute atomic E-state index is 12.2. The fourth-order valence-corrected chi connectivity index (χ4v) is 3.61. The second-order valence-electron chi connectivity index (χ2n) is 4.25. The van der Waals surface area contributed by atoms with Crippen LogP contribution in [0.15, 0.2) is 53.4 Å². The van der Waals surface area contributed by atoms with Crippen LogP contribution in [0.1, 0.15) is 11.7 Å². The highest BCUT2D eigenvalue weighted by molar-refractivity contribution is 7.89. The Kier molecular flexibility index (Phi) is 2.97. The quantitative estimate of drug-likeness (QED) is 0.850. The number of hydrogen-bond donors (Lipinski definition) is 2. The van der Waals surface area contributed by atoms with Crippen molar-refractivity contribution in [1.29, 1.82) is 0 Å². The molecular weight excluding hydrogens is 284 g/mol. The fraction of sp³-hybridized carbons (Fsp3) is 0.0769. The van der Waals surface area contributed by atoms with Crippen LogP contribution in [0.3, 0.4) is 0 Å². The molecule has 2 aromatic rings. The Morgan fingerprint density at radius 1 is 1.05 bits per heavy atom. The maximum Gasteiger partial charge on any atom is 0.244 e. The number of benzene rings is 2. The molecule has 2 N–H and O–H groups in total. The summed E-state index contributed by atoms with van der Waals surface area (Å²) in [5, 5.41) is 3.54. The molecule has 0 radical (unpaired) electrons. The number of anilines is 1. The van der Waals surface area contributed by atoms with Gasteiger partial charge in [0, 0.05) is 5.02 Å². The van der Waals surface area contributed by atoms with Gasteiger partial charge in [-0.2, -0.15) is 4.72 Å². The second kappa shape index (κ2) is 4.52. The highest BCUT2D eigenvalue weighted by Crippen LogP contribution is 2.32. The van der Waals surface area contributed by atoms with Crippen LogP contribution in [0, 0.1) is 0 Å². The molecule has 0 saturated heterocycles. The van der Waals surface area contributed by atoms with E-state index in [1.165, 1.54) is 6.07 Å². The van der Waals surface area contributed by atoms with Crippen molar-refractivity contribution in [2.45, 2.75) is 11.1 Å². The van der Waals surface area contributed by atoms with Gasteiger partial charge in [-0.3, -0.25) is 0 Å². The summed E-state index contributed by atoms with van der Waals surface area (Å²) in [4.78, 5) is 0.173. The van der Waals surface area contributed by atoms with Crippen molar-refractivity contribution in [1.82, 2.24) is 4.72 Å². The molecule has 0 aliphatic carbocycles. The van der Waals surface area contributed by atoms with Gasteiger partial charge < -0.3 is 5.32 Å². The average Bonchev–Trinajstić information content (AvgIpc) is 2.40. The number of halogens is 1. The summed E-state index contributed by atoms with van der Waals surface area (Å²) in [7, 11) is -3.56. The Morgan fingerprint density at radius 2 is 1.79 bits per heavy atom. The van der Waals surface area contributed by atoms with E-state index in [0.29, 0.717) is 10.7 Å². The van der Waals surface area contributed by atoms with E-state index in [4.69, 9.17) is 11.6 Å². The van der Waals surface area contributed by atoms with Gasteiger partial charge in [0.25, 0.3) is 0 Å². The molecule has 19 heavy (non-hydrogen) atoms. The molecule has 0 bridgehead atoms. The summed E-state index contributed by atoms with van der Waals surface area (Å²) < 4.78 is 27.0. The van der Waals surface area contributed by atoms with Crippen molar-refractivity contribution in [2.24, 2.45) is 0 Å². The van der Waals surface area contributed by atoms with Crippen LogP contribution < -0.4 is 10.0 Å². The van der Waals surface area contributed by atoms with Crippen LogP contribution >= 0.6 is 11.6 Å². The van der Waals surface area contributed by atoms with Crippen LogP contribution in [-0.2, 0) is 10.0 Å². The molecule has 0 saturated carbocycles. The van der Waals surface area contributed by atoms with E-state index in [2.05, 4.69) is 10.0 Å². The van der Waals surface area contributed by atoms with Gasteiger partial charge in [-0.1, -0.05) is 41.9 Å². The first-order valence-electron chi connectivity index (χ1n) is 5.70. The Morgan fingerprint density at radius 3 is 2.53 bits per heavy atom. The van der Waals surface area contributed by atoms with E-state index in [1.54, 1.807) is 12.1 Å². The van der Waals surface area contributed by atoms with Crippen molar-refractivity contribution < 1.29 is 8.42 Å². The van der Waals surface area contributed by atoms with Crippen molar-refractivity contribution in [2.75, 3.05) is 5.32 Å². The standard InChI is InChI=1S/C13H11ClN2O2S/c14-10-6-7-11-12(8-10)19(17,18)16-13(15-11)9-4-2-1-3-5-9/h1-8,13,15-16H/t13-/m1/s1. The zero-order valence-corrected chi connectivity index (χ0v) is 11.4. The summed E-state index contributed by atoms with van der Waals surface area (Å²) in [6, 6.07) is 14.1. The Hall–Kier alpha value is -1.56. The first kappa shape index (κ1) is 12.5. The molecule has 1 heterocycles. The van der Waals surface area contributed by atoms with Gasteiger partial charge >= 0.3 is 0 Å². The Labute approximate surface area is 116 Å². The average molecular weight is 295 g/mol. The highest BCUT2D eigenvalue weighted by Gasteiger charge is 2.29. The van der Waals surface area contributed by atoms with Crippen molar-refractivity contribution in [3.63, 3.8) is 0 Å². The Balaban J connectivity index is 2.07. The number of sulfonamides is 1. The predicted molar refractivity (Wildman–Crippen MR) is 74.6 cm³/mol. The molecule has 4 nitrogen and oxygen atoms in total. The largest absolute Gasteiger partial charge is 0.364 e. The molecule has 3 rings (SSSR count). The topological polar surface area (TPSA) is 58.2 Å². The molecule has 1 aliphatic heterocycles. The van der Waals surface area contributed by atoms with Crippen LogP contribution in [0.25, 0.3) is 0 Å². The smallest absolute Gasteiger partial charge is 0.244 e. The van der Waals surface area contributed by atoms with Crippen LogP contribution in [0.5, 0.6) is 0 Å². The maximum atomic E-state index is 12.2. The third-order valence-corrected chi connectivity index (χ3v) is 4.64. The summed E-state index contributed by atoms with van der Waals surface area (Å²) >= 11 is 5.84. The minimum Gasteiger partial charge on any atom is -0.364 e. The molecule has 1 atom stereocenters. The van der Waals surface area contributed by atoms with Crippen molar-refractivity contribution >= 4 is 27.3 Å².